The molecule has 0 fully saturated rings. The molecule has 4 heteroatoms. The molecule has 0 rings (SSSR count). The second-order valence-corrected chi connectivity index (χ2v) is 0. The summed E-state index contributed by atoms with van der Waals surface area (Å²) in [6, 6.07) is 0. The van der Waals surface area contributed by atoms with Crippen molar-refractivity contribution in [1.82, 2.24) is 0 Å². The van der Waals surface area contributed by atoms with Crippen molar-refractivity contribution in [3.8, 4) is 0 Å². The Morgan fingerprint density at radius 1 is 1.00 bits per heavy atom. The third-order valence-electron chi connectivity index (χ3n) is 0. The Bertz CT molecular complexity index is 11.6. The van der Waals surface area contributed by atoms with Gasteiger partial charge in [0.2, 0.25) is 0 Å². The summed E-state index contributed by atoms with van der Waals surface area (Å²) in [5.41, 5.74) is 0. The Morgan fingerprint density at radius 2 is 1.00 bits per heavy atom. The quantitative estimate of drug-likeness (QED) is 0.303. The molecule has 5 heavy (non-hydrogen) atoms. The Hall–Kier alpha value is 2.42. The van der Waals surface area contributed by atoms with Crippen molar-refractivity contribution in [2.75, 3.05) is 0 Å². The van der Waals surface area contributed by atoms with Crippen molar-refractivity contribution in [2.45, 2.75) is 7.43 Å². The summed E-state index contributed by atoms with van der Waals surface area (Å²) >= 11 is 0. The van der Waals surface area contributed by atoms with Gasteiger partial charge in [-0.2, -0.15) is 9.90 Å². The van der Waals surface area contributed by atoms with Gasteiger partial charge in [0.1, 0.15) is 0 Å². The largest absolute Gasteiger partial charge is 0.412 e. The molecule has 0 amide bonds. The molecule has 0 aromatic carbocycles. The Morgan fingerprint density at radius 3 is 1.00 bits per heavy atom. The summed E-state index contributed by atoms with van der Waals surface area (Å²) < 4.78 is 0. The molecule has 0 aliphatic heterocycles. The minimum Gasteiger partial charge on any atom is -0.412 e. The van der Waals surface area contributed by atoms with Crippen molar-refractivity contribution in [1.29, 1.82) is 0 Å². The van der Waals surface area contributed by atoms with Crippen LogP contribution in [0.4, 0.5) is 0 Å². The molecule has 0 heterocycles. The van der Waals surface area contributed by atoms with Gasteiger partial charge in [-0.1, -0.05) is 7.43 Å². The Balaban J connectivity index is 0. The van der Waals surface area contributed by atoms with E-state index in [2.05, 4.69) is 0 Å². The summed E-state index contributed by atoms with van der Waals surface area (Å²) in [6.45, 7) is 0. The standard InChI is InChI=1S/CH4.Ca.Mg.H2O.H3P/h1H4;;;1H2;1H3. The molecule has 0 aliphatic carbocycles. The fourth-order valence-electron chi connectivity index (χ4n) is 0. The molecule has 0 spiro atoms. The topological polar surface area (TPSA) is 31.5 Å². The summed E-state index contributed by atoms with van der Waals surface area (Å²) in [6.07, 6.45) is 0. The van der Waals surface area contributed by atoms with E-state index in [1.54, 1.807) is 0 Å². The molecule has 0 saturated carbocycles. The van der Waals surface area contributed by atoms with Gasteiger partial charge in [0, 0.05) is 60.8 Å². The second-order valence-electron chi connectivity index (χ2n) is 0. The smallest absolute Gasteiger partial charge is 0 e. The third-order valence-corrected chi connectivity index (χ3v) is 0. The zero-order chi connectivity index (χ0) is 0. The maximum absolute atomic E-state index is 0. The molecule has 0 aliphatic rings. The van der Waals surface area contributed by atoms with Crippen molar-refractivity contribution in [3.05, 3.63) is 0 Å². The van der Waals surface area contributed by atoms with Crippen molar-refractivity contribution < 1.29 is 5.48 Å². The molecule has 2 N–H and O–H groups in total. The molecule has 1 nitrogen and oxygen atoms in total. The SMILES string of the molecule is C.O.P.[Ca].[Mg]. The molecular weight excluding hydrogens is 123 g/mol. The molecule has 0 aromatic rings. The number of hydrogen-bond donors (Lipinski definition) is 0. The minimum atomic E-state index is 0. The van der Waals surface area contributed by atoms with Crippen LogP contribution in [0.5, 0.6) is 0 Å². The van der Waals surface area contributed by atoms with E-state index in [-0.39, 0.29) is 83.6 Å². The first-order valence-corrected chi connectivity index (χ1v) is 0. The van der Waals surface area contributed by atoms with Gasteiger partial charge in [0.25, 0.3) is 0 Å². The molecule has 0 aromatic heterocycles. The molecule has 1 unspecified atom stereocenters. The minimum absolute atomic E-state index is 0. The van der Waals surface area contributed by atoms with Gasteiger partial charge in [-0.3, -0.25) is 0 Å². The van der Waals surface area contributed by atoms with E-state index in [1.807, 2.05) is 0 Å². The van der Waals surface area contributed by atoms with Crippen molar-refractivity contribution in [3.63, 3.8) is 0 Å². The van der Waals surface area contributed by atoms with E-state index < -0.39 is 0 Å². The van der Waals surface area contributed by atoms with Gasteiger partial charge in [0.05, 0.1) is 0 Å². The first kappa shape index (κ1) is 52.3. The maximum atomic E-state index is 0. The van der Waals surface area contributed by atoms with E-state index in [1.165, 1.54) is 0 Å². The zero-order valence-corrected chi connectivity index (χ0v) is 7.66. The fourth-order valence-corrected chi connectivity index (χ4v) is 0. The Kier molecular flexibility index (Phi) is 337. The van der Waals surface area contributed by atoms with Crippen LogP contribution in [0.25, 0.3) is 0 Å². The number of rotatable bonds is 0. The molecule has 4 radical (unpaired) electrons. The molecule has 28 valence electrons. The predicted octanol–water partition coefficient (Wildman–Crippen LogP) is -0.892. The van der Waals surface area contributed by atoms with Gasteiger partial charge < -0.3 is 5.48 Å². The van der Waals surface area contributed by atoms with Gasteiger partial charge in [-0.25, -0.2) is 0 Å². The first-order valence-electron chi connectivity index (χ1n) is 0. The van der Waals surface area contributed by atoms with E-state index >= 15 is 0 Å². The fraction of sp³-hybridized carbons (Fsp3) is 1.00. The second kappa shape index (κ2) is 32.2. The van der Waals surface area contributed by atoms with Crippen LogP contribution in [0.3, 0.4) is 0 Å². The first-order chi connectivity index (χ1) is 0. The summed E-state index contributed by atoms with van der Waals surface area (Å²) in [5, 5.41) is 0. The predicted molar refractivity (Wildman–Crippen MR) is 33.0 cm³/mol. The van der Waals surface area contributed by atoms with Crippen LogP contribution < -0.4 is 0 Å². The number of hydrogen-bond acceptors (Lipinski definition) is 0. The zero-order valence-electron chi connectivity index (χ0n) is 2.62. The molecule has 0 bridgehead atoms. The molecule has 0 saturated heterocycles. The van der Waals surface area contributed by atoms with Crippen molar-refractivity contribution >= 4 is 70.7 Å². The van der Waals surface area contributed by atoms with Crippen LogP contribution >= 0.6 is 9.90 Å². The monoisotopic (exact) mass is 132 g/mol. The van der Waals surface area contributed by atoms with Gasteiger partial charge in [-0.05, 0) is 0 Å². The summed E-state index contributed by atoms with van der Waals surface area (Å²) in [5.74, 6) is 0. The average Bonchev–Trinajstić information content (AvgIpc) is 0. The van der Waals surface area contributed by atoms with Crippen LogP contribution in [-0.2, 0) is 0 Å². The third kappa shape index (κ3) is 21.4. The Labute approximate surface area is 82.4 Å². The van der Waals surface area contributed by atoms with Crippen LogP contribution in [-0.4, -0.2) is 66.3 Å². The summed E-state index contributed by atoms with van der Waals surface area (Å²) in [4.78, 5) is 0. The van der Waals surface area contributed by atoms with Crippen molar-refractivity contribution in [2.24, 2.45) is 0 Å². The average molecular weight is 132 g/mol. The van der Waals surface area contributed by atoms with Gasteiger partial charge in [0.15, 0.2) is 0 Å². The molecular formula is CH9CaMgOP. The maximum Gasteiger partial charge on any atom is 0 e. The van der Waals surface area contributed by atoms with E-state index in [4.69, 9.17) is 0 Å². The van der Waals surface area contributed by atoms with Gasteiger partial charge in [-0.15, -0.1) is 0 Å². The van der Waals surface area contributed by atoms with Crippen LogP contribution in [0.2, 0.25) is 0 Å². The van der Waals surface area contributed by atoms with E-state index in [0.29, 0.717) is 0 Å². The normalized spacial score (nSPS) is 0. The van der Waals surface area contributed by atoms with Crippen LogP contribution in [0, 0.1) is 0 Å². The van der Waals surface area contributed by atoms with Crippen LogP contribution in [0.15, 0.2) is 0 Å². The van der Waals surface area contributed by atoms with Crippen LogP contribution in [0.1, 0.15) is 7.43 Å². The summed E-state index contributed by atoms with van der Waals surface area (Å²) in [7, 11) is 0. The van der Waals surface area contributed by atoms with E-state index in [0.717, 1.165) is 0 Å². The van der Waals surface area contributed by atoms with Gasteiger partial charge >= 0.3 is 0 Å². The molecule has 1 atom stereocenters. The van der Waals surface area contributed by atoms with E-state index in [9.17, 15) is 0 Å².